The van der Waals surface area contributed by atoms with Gasteiger partial charge in [0.05, 0.1) is 11.9 Å². The molecule has 0 fully saturated rings. The number of rotatable bonds is 8. The van der Waals surface area contributed by atoms with Gasteiger partial charge in [-0.3, -0.25) is 14.3 Å². The Morgan fingerprint density at radius 2 is 1.68 bits per heavy atom. The van der Waals surface area contributed by atoms with E-state index in [2.05, 4.69) is 17.0 Å². The molecule has 1 heterocycles. The summed E-state index contributed by atoms with van der Waals surface area (Å²) < 4.78 is 26.3. The summed E-state index contributed by atoms with van der Waals surface area (Å²) in [6.45, 7) is 7.99. The molecule has 2 amide bonds. The number of hydrogen-bond acceptors (Lipinski definition) is 4. The Bertz CT molecular complexity index is 1190. The normalized spacial score (nSPS) is 15.6. The van der Waals surface area contributed by atoms with Crippen LogP contribution in [0.25, 0.3) is 0 Å². The number of hydrogen-bond donors (Lipinski definition) is 2. The van der Waals surface area contributed by atoms with E-state index in [-0.39, 0.29) is 11.8 Å². The Balaban J connectivity index is 1.92. The minimum absolute atomic E-state index is 0.0140. The van der Waals surface area contributed by atoms with Crippen molar-refractivity contribution in [3.63, 3.8) is 0 Å². The maximum Gasteiger partial charge on any atom is 0.247 e. The molecule has 184 valence electrons. The number of benzene rings is 2. The first-order chi connectivity index (χ1) is 16.0. The molecule has 0 saturated heterocycles. The standard InChI is InChI=1S/C26H35N3O4S/c1-6-7-8-13-23(30)29-16-21-12-10-9-11-20(21)15-22(29)26(31)27-24-17(2)14-18(3)25(19(24)4)28-34(5,32)33/h9-12,14,22,28H,6-8,13,15-16H2,1-5H3,(H,27,31)/t22-/m0/s1. The van der Waals surface area contributed by atoms with Crippen molar-refractivity contribution in [3.05, 3.63) is 58.1 Å². The predicted octanol–water partition coefficient (Wildman–Crippen LogP) is 4.46. The van der Waals surface area contributed by atoms with Crippen molar-refractivity contribution in [1.82, 2.24) is 4.90 Å². The zero-order valence-corrected chi connectivity index (χ0v) is 21.5. The average molecular weight is 486 g/mol. The van der Waals surface area contributed by atoms with Gasteiger partial charge in [-0.05, 0) is 55.0 Å². The molecule has 2 N–H and O–H groups in total. The summed E-state index contributed by atoms with van der Waals surface area (Å²) >= 11 is 0. The number of amides is 2. The molecule has 7 nitrogen and oxygen atoms in total. The van der Waals surface area contributed by atoms with Crippen LogP contribution in [0.3, 0.4) is 0 Å². The Hall–Kier alpha value is -2.87. The van der Waals surface area contributed by atoms with Crippen LogP contribution in [0.5, 0.6) is 0 Å². The van der Waals surface area contributed by atoms with Gasteiger partial charge >= 0.3 is 0 Å². The fourth-order valence-electron chi connectivity index (χ4n) is 4.62. The number of aryl methyl sites for hydroxylation is 2. The fourth-order valence-corrected chi connectivity index (χ4v) is 5.30. The number of anilines is 2. The minimum atomic E-state index is -3.48. The van der Waals surface area contributed by atoms with E-state index in [1.165, 1.54) is 0 Å². The van der Waals surface area contributed by atoms with Gasteiger partial charge in [0.1, 0.15) is 6.04 Å². The number of fused-ring (bicyclic) bond motifs is 1. The maximum atomic E-state index is 13.6. The molecule has 1 aliphatic rings. The summed E-state index contributed by atoms with van der Waals surface area (Å²) in [7, 11) is -3.48. The molecular weight excluding hydrogens is 450 g/mol. The highest BCUT2D eigenvalue weighted by atomic mass is 32.2. The van der Waals surface area contributed by atoms with E-state index < -0.39 is 16.1 Å². The summed E-state index contributed by atoms with van der Waals surface area (Å²) in [6.07, 6.45) is 4.77. The average Bonchev–Trinajstić information content (AvgIpc) is 2.78. The molecule has 0 bridgehead atoms. The number of nitrogens with one attached hydrogen (secondary N) is 2. The number of sulfonamides is 1. The zero-order valence-electron chi connectivity index (χ0n) is 20.7. The third-order valence-electron chi connectivity index (χ3n) is 6.37. The van der Waals surface area contributed by atoms with Gasteiger partial charge in [-0.2, -0.15) is 0 Å². The number of carbonyl (C=O) groups is 2. The fraction of sp³-hybridized carbons (Fsp3) is 0.462. The highest BCUT2D eigenvalue weighted by Crippen LogP contribution is 2.33. The molecule has 1 aliphatic heterocycles. The van der Waals surface area contributed by atoms with Crippen molar-refractivity contribution in [2.75, 3.05) is 16.3 Å². The van der Waals surface area contributed by atoms with E-state index in [9.17, 15) is 18.0 Å². The second kappa shape index (κ2) is 10.6. The second-order valence-electron chi connectivity index (χ2n) is 9.22. The largest absolute Gasteiger partial charge is 0.326 e. The van der Waals surface area contributed by atoms with Crippen LogP contribution in [-0.4, -0.2) is 37.4 Å². The van der Waals surface area contributed by atoms with Crippen molar-refractivity contribution in [2.45, 2.75) is 72.4 Å². The quantitative estimate of drug-likeness (QED) is 0.540. The molecule has 3 rings (SSSR count). The zero-order chi connectivity index (χ0) is 25.0. The van der Waals surface area contributed by atoms with Crippen LogP contribution < -0.4 is 10.0 Å². The van der Waals surface area contributed by atoms with Crippen molar-refractivity contribution >= 4 is 33.2 Å². The highest BCUT2D eigenvalue weighted by Gasteiger charge is 2.34. The van der Waals surface area contributed by atoms with Gasteiger partial charge in [-0.15, -0.1) is 0 Å². The van der Waals surface area contributed by atoms with Crippen LogP contribution in [0.2, 0.25) is 0 Å². The van der Waals surface area contributed by atoms with E-state index in [0.717, 1.165) is 47.8 Å². The van der Waals surface area contributed by atoms with Crippen LogP contribution in [-0.2, 0) is 32.6 Å². The molecular formula is C26H35N3O4S. The molecule has 2 aromatic carbocycles. The lowest BCUT2D eigenvalue weighted by molar-refractivity contribution is -0.140. The topological polar surface area (TPSA) is 95.6 Å². The summed E-state index contributed by atoms with van der Waals surface area (Å²) in [4.78, 5) is 28.4. The molecule has 2 aromatic rings. The molecule has 0 aliphatic carbocycles. The second-order valence-corrected chi connectivity index (χ2v) is 11.0. The van der Waals surface area contributed by atoms with E-state index in [1.807, 2.05) is 44.2 Å². The lowest BCUT2D eigenvalue weighted by Crippen LogP contribution is -2.50. The molecule has 8 heteroatoms. The first-order valence-corrected chi connectivity index (χ1v) is 13.7. The third-order valence-corrected chi connectivity index (χ3v) is 6.95. The number of unbranched alkanes of at least 4 members (excludes halogenated alkanes) is 2. The lowest BCUT2D eigenvalue weighted by Gasteiger charge is -2.36. The molecule has 0 unspecified atom stereocenters. The SMILES string of the molecule is CCCCCC(=O)N1Cc2ccccc2C[C@H]1C(=O)Nc1c(C)cc(C)c(NS(C)(=O)=O)c1C. The van der Waals surface area contributed by atoms with E-state index in [4.69, 9.17) is 0 Å². The molecule has 0 spiro atoms. The van der Waals surface area contributed by atoms with E-state index in [1.54, 1.807) is 11.8 Å². The summed E-state index contributed by atoms with van der Waals surface area (Å²) in [5.74, 6) is -0.279. The van der Waals surface area contributed by atoms with Crippen molar-refractivity contribution in [3.8, 4) is 0 Å². The van der Waals surface area contributed by atoms with Crippen molar-refractivity contribution in [1.29, 1.82) is 0 Å². The van der Waals surface area contributed by atoms with Crippen LogP contribution in [0.1, 0.15) is 60.4 Å². The number of carbonyl (C=O) groups excluding carboxylic acids is 2. The Labute approximate surface area is 203 Å². The molecule has 0 aromatic heterocycles. The predicted molar refractivity (Wildman–Crippen MR) is 136 cm³/mol. The van der Waals surface area contributed by atoms with Gasteiger partial charge in [0, 0.05) is 25.1 Å². The van der Waals surface area contributed by atoms with Gasteiger partial charge in [0.25, 0.3) is 0 Å². The Morgan fingerprint density at radius 1 is 1.03 bits per heavy atom. The Morgan fingerprint density at radius 3 is 2.32 bits per heavy atom. The third kappa shape index (κ3) is 5.97. The first kappa shape index (κ1) is 25.7. The summed E-state index contributed by atoms with van der Waals surface area (Å²) in [5, 5.41) is 3.02. The monoisotopic (exact) mass is 485 g/mol. The van der Waals surface area contributed by atoms with Gasteiger partial charge in [-0.25, -0.2) is 8.42 Å². The van der Waals surface area contributed by atoms with Gasteiger partial charge < -0.3 is 10.2 Å². The van der Waals surface area contributed by atoms with Crippen LogP contribution in [0, 0.1) is 20.8 Å². The highest BCUT2D eigenvalue weighted by molar-refractivity contribution is 7.92. The molecule has 1 atom stereocenters. The smallest absolute Gasteiger partial charge is 0.247 e. The summed E-state index contributed by atoms with van der Waals surface area (Å²) in [6, 6.07) is 9.13. The molecule has 34 heavy (non-hydrogen) atoms. The maximum absolute atomic E-state index is 13.6. The van der Waals surface area contributed by atoms with Crippen molar-refractivity contribution in [2.24, 2.45) is 0 Å². The summed E-state index contributed by atoms with van der Waals surface area (Å²) in [5.41, 5.74) is 5.42. The van der Waals surface area contributed by atoms with Gasteiger partial charge in [0.15, 0.2) is 0 Å². The van der Waals surface area contributed by atoms with Crippen molar-refractivity contribution < 1.29 is 18.0 Å². The first-order valence-electron chi connectivity index (χ1n) is 11.8. The number of nitrogens with zero attached hydrogens (tertiary/aromatic N) is 1. The minimum Gasteiger partial charge on any atom is -0.326 e. The van der Waals surface area contributed by atoms with Gasteiger partial charge in [0.2, 0.25) is 21.8 Å². The molecule has 0 radical (unpaired) electrons. The Kier molecular flexibility index (Phi) is 8.02. The lowest BCUT2D eigenvalue weighted by atomic mass is 9.92. The van der Waals surface area contributed by atoms with Crippen LogP contribution in [0.15, 0.2) is 30.3 Å². The van der Waals surface area contributed by atoms with E-state index >= 15 is 0 Å². The van der Waals surface area contributed by atoms with Crippen LogP contribution >= 0.6 is 0 Å². The van der Waals surface area contributed by atoms with Gasteiger partial charge in [-0.1, -0.05) is 50.1 Å². The molecule has 0 saturated carbocycles. The van der Waals surface area contributed by atoms with Crippen LogP contribution in [0.4, 0.5) is 11.4 Å². The van der Waals surface area contributed by atoms with E-state index in [0.29, 0.717) is 36.3 Å².